The Balaban J connectivity index is 1.76. The first-order chi connectivity index (χ1) is 8.81. The first-order valence-corrected chi connectivity index (χ1v) is 8.44. The van der Waals surface area contributed by atoms with E-state index in [0.29, 0.717) is 19.4 Å². The summed E-state index contributed by atoms with van der Waals surface area (Å²) >= 11 is 0. The number of hydrogen-bond donors (Lipinski definition) is 2. The highest BCUT2D eigenvalue weighted by molar-refractivity contribution is 7.91. The Bertz CT molecular complexity index is 449. The molecule has 0 saturated carbocycles. The molecule has 3 unspecified atom stereocenters. The van der Waals surface area contributed by atoms with E-state index in [1.54, 1.807) is 6.92 Å². The molecule has 2 fully saturated rings. The lowest BCUT2D eigenvalue weighted by atomic mass is 9.96. The fourth-order valence-corrected chi connectivity index (χ4v) is 4.48. The minimum absolute atomic E-state index is 0.0862. The van der Waals surface area contributed by atoms with Crippen molar-refractivity contribution in [2.45, 2.75) is 37.9 Å². The van der Waals surface area contributed by atoms with E-state index in [2.05, 4.69) is 5.32 Å². The molecule has 110 valence electrons. The number of ether oxygens (including phenoxy) is 1. The normalized spacial score (nSPS) is 37.4. The van der Waals surface area contributed by atoms with Crippen molar-refractivity contribution in [3.63, 3.8) is 0 Å². The minimum Gasteiger partial charge on any atom is -0.385 e. The average molecular weight is 291 g/mol. The Hall–Kier alpha value is -0.660. The number of carbonyl (C=O) groups is 1. The molecule has 7 heteroatoms. The SMILES string of the molecule is CC1OCCC1(O)CNC(=O)CC1CCS(=O)(=O)C1. The standard InChI is InChI=1S/C12H21NO5S/c1-9-12(15,3-4-18-9)8-13-11(14)6-10-2-5-19(16,17)7-10/h9-10,15H,2-8H2,1H3,(H,13,14). The van der Waals surface area contributed by atoms with Crippen LogP contribution in [0.2, 0.25) is 0 Å². The molecule has 0 aromatic heterocycles. The molecule has 0 spiro atoms. The summed E-state index contributed by atoms with van der Waals surface area (Å²) in [5.74, 6) is -0.00392. The summed E-state index contributed by atoms with van der Waals surface area (Å²) in [5.41, 5.74) is -1.00. The van der Waals surface area contributed by atoms with Crippen molar-refractivity contribution >= 4 is 15.7 Å². The van der Waals surface area contributed by atoms with Gasteiger partial charge in [-0.2, -0.15) is 0 Å². The lowest BCUT2D eigenvalue weighted by molar-refractivity contribution is -0.123. The molecule has 0 radical (unpaired) electrons. The summed E-state index contributed by atoms with van der Waals surface area (Å²) in [6.07, 6.45) is 0.982. The van der Waals surface area contributed by atoms with Crippen LogP contribution in [0.25, 0.3) is 0 Å². The van der Waals surface area contributed by atoms with E-state index in [1.165, 1.54) is 0 Å². The molecule has 2 N–H and O–H groups in total. The molecule has 0 bridgehead atoms. The van der Waals surface area contributed by atoms with Crippen molar-refractivity contribution in [3.8, 4) is 0 Å². The first kappa shape index (κ1) is 14.7. The second kappa shape index (κ2) is 5.38. The molecular formula is C12H21NO5S. The van der Waals surface area contributed by atoms with Gasteiger partial charge in [0.15, 0.2) is 9.84 Å². The van der Waals surface area contributed by atoms with Gasteiger partial charge in [-0.1, -0.05) is 0 Å². The molecular weight excluding hydrogens is 270 g/mol. The Morgan fingerprint density at radius 2 is 2.26 bits per heavy atom. The second-order valence-electron chi connectivity index (χ2n) is 5.62. The van der Waals surface area contributed by atoms with Crippen molar-refractivity contribution in [1.82, 2.24) is 5.32 Å². The molecule has 3 atom stereocenters. The van der Waals surface area contributed by atoms with E-state index in [9.17, 15) is 18.3 Å². The number of sulfone groups is 1. The maximum atomic E-state index is 11.8. The maximum Gasteiger partial charge on any atom is 0.220 e. The third-order valence-electron chi connectivity index (χ3n) is 4.05. The number of amides is 1. The number of carbonyl (C=O) groups excluding carboxylic acids is 1. The quantitative estimate of drug-likeness (QED) is 0.726. The van der Waals surface area contributed by atoms with Gasteiger partial charge in [0.05, 0.1) is 17.6 Å². The van der Waals surface area contributed by atoms with Gasteiger partial charge in [0.2, 0.25) is 5.91 Å². The van der Waals surface area contributed by atoms with Crippen molar-refractivity contribution < 1.29 is 23.1 Å². The average Bonchev–Trinajstić information content (AvgIpc) is 2.81. The molecule has 2 saturated heterocycles. The Labute approximate surface area is 113 Å². The number of hydrogen-bond acceptors (Lipinski definition) is 5. The van der Waals surface area contributed by atoms with E-state index in [1.807, 2.05) is 0 Å². The summed E-state index contributed by atoms with van der Waals surface area (Å²) in [4.78, 5) is 11.8. The number of nitrogens with one attached hydrogen (secondary N) is 1. The molecule has 0 aromatic rings. The van der Waals surface area contributed by atoms with Crippen molar-refractivity contribution in [1.29, 1.82) is 0 Å². The van der Waals surface area contributed by atoms with Gasteiger partial charge < -0.3 is 15.2 Å². The third-order valence-corrected chi connectivity index (χ3v) is 5.89. The van der Waals surface area contributed by atoms with E-state index in [4.69, 9.17) is 4.74 Å². The van der Waals surface area contributed by atoms with Crippen LogP contribution in [-0.2, 0) is 19.4 Å². The minimum atomic E-state index is -2.94. The highest BCUT2D eigenvalue weighted by Gasteiger charge is 2.40. The Morgan fingerprint density at radius 3 is 2.79 bits per heavy atom. The van der Waals surface area contributed by atoms with Gasteiger partial charge in [0.25, 0.3) is 0 Å². The van der Waals surface area contributed by atoms with E-state index < -0.39 is 15.4 Å². The van der Waals surface area contributed by atoms with E-state index >= 15 is 0 Å². The van der Waals surface area contributed by atoms with Gasteiger partial charge in [-0.25, -0.2) is 8.42 Å². The van der Waals surface area contributed by atoms with Gasteiger partial charge in [0.1, 0.15) is 5.60 Å². The molecule has 2 rings (SSSR count). The molecule has 2 aliphatic rings. The van der Waals surface area contributed by atoms with Crippen molar-refractivity contribution in [3.05, 3.63) is 0 Å². The largest absolute Gasteiger partial charge is 0.385 e. The predicted octanol–water partition coefficient (Wildman–Crippen LogP) is -0.533. The highest BCUT2D eigenvalue weighted by Crippen LogP contribution is 2.25. The van der Waals surface area contributed by atoms with Crippen LogP contribution >= 0.6 is 0 Å². The lowest BCUT2D eigenvalue weighted by Gasteiger charge is -2.26. The molecule has 19 heavy (non-hydrogen) atoms. The van der Waals surface area contributed by atoms with Crippen LogP contribution in [0.1, 0.15) is 26.2 Å². The van der Waals surface area contributed by atoms with Crippen LogP contribution in [0.3, 0.4) is 0 Å². The lowest BCUT2D eigenvalue weighted by Crippen LogP contribution is -2.47. The fourth-order valence-electron chi connectivity index (χ4n) is 2.62. The zero-order valence-corrected chi connectivity index (χ0v) is 11.9. The van der Waals surface area contributed by atoms with Crippen LogP contribution in [0.4, 0.5) is 0 Å². The van der Waals surface area contributed by atoms with Crippen LogP contribution in [0.15, 0.2) is 0 Å². The van der Waals surface area contributed by atoms with Gasteiger partial charge >= 0.3 is 0 Å². The highest BCUT2D eigenvalue weighted by atomic mass is 32.2. The van der Waals surface area contributed by atoms with Crippen LogP contribution in [0, 0.1) is 5.92 Å². The van der Waals surface area contributed by atoms with Crippen molar-refractivity contribution in [2.75, 3.05) is 24.7 Å². The molecule has 0 aliphatic carbocycles. The van der Waals surface area contributed by atoms with E-state index in [-0.39, 0.29) is 42.4 Å². The second-order valence-corrected chi connectivity index (χ2v) is 7.85. The van der Waals surface area contributed by atoms with Gasteiger partial charge in [-0.05, 0) is 19.3 Å². The smallest absolute Gasteiger partial charge is 0.220 e. The summed E-state index contributed by atoms with van der Waals surface area (Å²) in [6.45, 7) is 2.43. The van der Waals surface area contributed by atoms with E-state index in [0.717, 1.165) is 0 Å². The summed E-state index contributed by atoms with van der Waals surface area (Å²) < 4.78 is 27.9. The van der Waals surface area contributed by atoms with Crippen LogP contribution in [0.5, 0.6) is 0 Å². The molecule has 2 heterocycles. The maximum absolute atomic E-state index is 11.8. The Morgan fingerprint density at radius 1 is 1.53 bits per heavy atom. The van der Waals surface area contributed by atoms with Crippen molar-refractivity contribution in [2.24, 2.45) is 5.92 Å². The zero-order chi connectivity index (χ0) is 14.1. The zero-order valence-electron chi connectivity index (χ0n) is 11.1. The van der Waals surface area contributed by atoms with Crippen LogP contribution < -0.4 is 5.32 Å². The number of aliphatic hydroxyl groups is 1. The summed E-state index contributed by atoms with van der Waals surface area (Å²) in [7, 11) is -2.94. The molecule has 2 aliphatic heterocycles. The molecule has 1 amide bonds. The summed E-state index contributed by atoms with van der Waals surface area (Å²) in [5, 5.41) is 12.9. The Kier molecular flexibility index (Phi) is 4.17. The van der Waals surface area contributed by atoms with Crippen LogP contribution in [-0.4, -0.2) is 55.8 Å². The first-order valence-electron chi connectivity index (χ1n) is 6.62. The van der Waals surface area contributed by atoms with Gasteiger partial charge in [0, 0.05) is 26.0 Å². The fraction of sp³-hybridized carbons (Fsp3) is 0.917. The topological polar surface area (TPSA) is 92.7 Å². The summed E-state index contributed by atoms with van der Waals surface area (Å²) in [6, 6.07) is 0. The molecule has 0 aromatic carbocycles. The van der Waals surface area contributed by atoms with Gasteiger partial charge in [-0.15, -0.1) is 0 Å². The predicted molar refractivity (Wildman–Crippen MR) is 69.4 cm³/mol. The third kappa shape index (κ3) is 3.67. The van der Waals surface area contributed by atoms with Gasteiger partial charge in [-0.3, -0.25) is 4.79 Å². The monoisotopic (exact) mass is 291 g/mol. The molecule has 6 nitrogen and oxygen atoms in total. The number of rotatable bonds is 4.